The van der Waals surface area contributed by atoms with Crippen molar-refractivity contribution < 1.29 is 4.42 Å². The van der Waals surface area contributed by atoms with Crippen molar-refractivity contribution in [2.75, 3.05) is 6.54 Å². The Kier molecular flexibility index (Phi) is 6.12. The molecule has 150 valence electrons. The second-order valence-corrected chi connectivity index (χ2v) is 7.59. The van der Waals surface area contributed by atoms with Crippen LogP contribution in [-0.2, 0) is 19.6 Å². The van der Waals surface area contributed by atoms with E-state index in [0.29, 0.717) is 0 Å². The maximum atomic E-state index is 6.04. The highest BCUT2D eigenvalue weighted by Gasteiger charge is 2.14. The minimum Gasteiger partial charge on any atom is -0.465 e. The van der Waals surface area contributed by atoms with Gasteiger partial charge in [-0.2, -0.15) is 5.10 Å². The number of rotatable bonds is 9. The van der Waals surface area contributed by atoms with E-state index < -0.39 is 0 Å². The van der Waals surface area contributed by atoms with Gasteiger partial charge in [-0.1, -0.05) is 23.7 Å². The van der Waals surface area contributed by atoms with Crippen LogP contribution in [0.5, 0.6) is 0 Å². The van der Waals surface area contributed by atoms with Crippen LogP contribution in [0.15, 0.2) is 65.7 Å². The molecular formula is C22H24ClN5O. The Morgan fingerprint density at radius 1 is 1.14 bits per heavy atom. The minimum atomic E-state index is 0.726. The topological polar surface area (TPSA) is 62.9 Å². The van der Waals surface area contributed by atoms with Crippen molar-refractivity contribution in [1.82, 2.24) is 24.6 Å². The molecule has 0 aliphatic rings. The van der Waals surface area contributed by atoms with E-state index in [2.05, 4.69) is 24.6 Å². The van der Waals surface area contributed by atoms with Crippen molar-refractivity contribution in [1.29, 1.82) is 0 Å². The number of imidazole rings is 1. The second kappa shape index (κ2) is 9.11. The Balaban J connectivity index is 1.48. The Morgan fingerprint density at radius 2 is 2.00 bits per heavy atom. The number of hydrogen-bond acceptors (Lipinski definition) is 4. The number of halogens is 1. The molecule has 0 aliphatic carbocycles. The average Bonchev–Trinajstić information content (AvgIpc) is 3.46. The summed E-state index contributed by atoms with van der Waals surface area (Å²) < 4.78 is 7.92. The molecule has 6 nitrogen and oxygen atoms in total. The maximum Gasteiger partial charge on any atom is 0.118 e. The first kappa shape index (κ1) is 19.5. The first-order valence-corrected chi connectivity index (χ1v) is 10.1. The van der Waals surface area contributed by atoms with Gasteiger partial charge >= 0.3 is 0 Å². The number of aromatic nitrogens is 4. The number of aromatic amines is 1. The van der Waals surface area contributed by atoms with Crippen LogP contribution < -0.4 is 0 Å². The zero-order valence-electron chi connectivity index (χ0n) is 16.4. The van der Waals surface area contributed by atoms with Crippen LogP contribution in [-0.4, -0.2) is 31.2 Å². The van der Waals surface area contributed by atoms with Gasteiger partial charge in [0, 0.05) is 42.6 Å². The number of H-pyrrole nitrogens is 1. The molecule has 0 saturated heterocycles. The van der Waals surface area contributed by atoms with E-state index in [1.165, 1.54) is 0 Å². The van der Waals surface area contributed by atoms with Crippen molar-refractivity contribution in [3.63, 3.8) is 0 Å². The summed E-state index contributed by atoms with van der Waals surface area (Å²) in [5, 5.41) is 8.15. The van der Waals surface area contributed by atoms with Crippen LogP contribution in [0.4, 0.5) is 0 Å². The third kappa shape index (κ3) is 5.16. The van der Waals surface area contributed by atoms with Gasteiger partial charge in [-0.3, -0.25) is 10.00 Å². The zero-order chi connectivity index (χ0) is 20.1. The van der Waals surface area contributed by atoms with Gasteiger partial charge in [-0.15, -0.1) is 0 Å². The molecule has 0 amide bonds. The highest BCUT2D eigenvalue weighted by molar-refractivity contribution is 6.30. The molecule has 0 atom stereocenters. The molecule has 0 radical (unpaired) electrons. The fourth-order valence-corrected chi connectivity index (χ4v) is 3.56. The molecule has 0 unspecified atom stereocenters. The molecule has 0 aliphatic heterocycles. The van der Waals surface area contributed by atoms with E-state index in [0.717, 1.165) is 66.0 Å². The van der Waals surface area contributed by atoms with Crippen molar-refractivity contribution in [2.24, 2.45) is 0 Å². The Bertz CT molecular complexity index is 1020. The predicted molar refractivity (Wildman–Crippen MR) is 113 cm³/mol. The van der Waals surface area contributed by atoms with Crippen molar-refractivity contribution >= 4 is 11.6 Å². The summed E-state index contributed by atoms with van der Waals surface area (Å²) in [4.78, 5) is 6.50. The van der Waals surface area contributed by atoms with Gasteiger partial charge in [0.1, 0.15) is 11.5 Å². The molecule has 0 spiro atoms. The quantitative estimate of drug-likeness (QED) is 0.426. The first-order valence-electron chi connectivity index (χ1n) is 9.69. The van der Waals surface area contributed by atoms with Crippen LogP contribution in [0.1, 0.15) is 23.5 Å². The summed E-state index contributed by atoms with van der Waals surface area (Å²) in [6.07, 6.45) is 8.58. The number of hydrogen-bond donors (Lipinski definition) is 1. The van der Waals surface area contributed by atoms with Crippen molar-refractivity contribution in [3.8, 4) is 11.3 Å². The van der Waals surface area contributed by atoms with E-state index in [1.807, 2.05) is 68.2 Å². The molecule has 0 saturated carbocycles. The van der Waals surface area contributed by atoms with E-state index in [4.69, 9.17) is 16.0 Å². The fraction of sp³-hybridized carbons (Fsp3) is 0.273. The van der Waals surface area contributed by atoms with Crippen LogP contribution in [0.2, 0.25) is 5.02 Å². The molecule has 29 heavy (non-hydrogen) atoms. The predicted octanol–water partition coefficient (Wildman–Crippen LogP) is 4.92. The van der Waals surface area contributed by atoms with Crippen molar-refractivity contribution in [3.05, 3.63) is 83.4 Å². The van der Waals surface area contributed by atoms with E-state index in [9.17, 15) is 0 Å². The summed E-state index contributed by atoms with van der Waals surface area (Å²) in [5.74, 6) is 1.91. The van der Waals surface area contributed by atoms with Gasteiger partial charge in [0.05, 0.1) is 24.8 Å². The van der Waals surface area contributed by atoms with Crippen LogP contribution >= 0.6 is 11.6 Å². The molecule has 4 rings (SSSR count). The van der Waals surface area contributed by atoms with E-state index in [-0.39, 0.29) is 0 Å². The molecule has 1 N–H and O–H groups in total. The molecule has 3 aromatic heterocycles. The maximum absolute atomic E-state index is 6.04. The van der Waals surface area contributed by atoms with Gasteiger partial charge in [0.25, 0.3) is 0 Å². The zero-order valence-corrected chi connectivity index (χ0v) is 17.1. The van der Waals surface area contributed by atoms with Crippen LogP contribution in [0, 0.1) is 6.92 Å². The van der Waals surface area contributed by atoms with Crippen molar-refractivity contribution in [2.45, 2.75) is 33.0 Å². The standard InChI is InChI=1S/C22H24ClN5O/c1-17-3-8-21(29-17)15-28(11-2-10-27-12-9-24-16-27)14-19-13-25-26-22(19)18-4-6-20(23)7-5-18/h3-9,12-13,16H,2,10-11,14-15H2,1H3,(H,25,26). The van der Waals surface area contributed by atoms with E-state index in [1.54, 1.807) is 0 Å². The minimum absolute atomic E-state index is 0.726. The normalized spacial score (nSPS) is 11.4. The Hall–Kier alpha value is -2.83. The monoisotopic (exact) mass is 409 g/mol. The smallest absolute Gasteiger partial charge is 0.118 e. The lowest BCUT2D eigenvalue weighted by Crippen LogP contribution is -2.24. The third-order valence-electron chi connectivity index (χ3n) is 4.87. The summed E-state index contributed by atoms with van der Waals surface area (Å²) in [6.45, 7) is 5.37. The molecule has 1 aromatic carbocycles. The number of furan rings is 1. The third-order valence-corrected chi connectivity index (χ3v) is 5.12. The Morgan fingerprint density at radius 3 is 2.72 bits per heavy atom. The largest absolute Gasteiger partial charge is 0.465 e. The SMILES string of the molecule is Cc1ccc(CN(CCCn2ccnc2)Cc2cn[nH]c2-c2ccc(Cl)cc2)o1. The molecule has 0 fully saturated rings. The Labute approximate surface area is 175 Å². The lowest BCUT2D eigenvalue weighted by atomic mass is 10.1. The highest BCUT2D eigenvalue weighted by atomic mass is 35.5. The number of benzene rings is 1. The summed E-state index contributed by atoms with van der Waals surface area (Å²) >= 11 is 6.04. The van der Waals surface area contributed by atoms with Gasteiger partial charge in [0.15, 0.2) is 0 Å². The number of nitrogens with one attached hydrogen (secondary N) is 1. The molecular weight excluding hydrogens is 386 g/mol. The van der Waals surface area contributed by atoms with Gasteiger partial charge < -0.3 is 8.98 Å². The van der Waals surface area contributed by atoms with Gasteiger partial charge in [-0.05, 0) is 43.2 Å². The summed E-state index contributed by atoms with van der Waals surface area (Å²) in [7, 11) is 0. The molecule has 0 bridgehead atoms. The summed E-state index contributed by atoms with van der Waals surface area (Å²) in [6, 6.07) is 11.9. The first-order chi connectivity index (χ1) is 14.2. The summed E-state index contributed by atoms with van der Waals surface area (Å²) in [5.41, 5.74) is 3.25. The van der Waals surface area contributed by atoms with Gasteiger partial charge in [-0.25, -0.2) is 4.98 Å². The molecule has 7 heteroatoms. The average molecular weight is 410 g/mol. The lowest BCUT2D eigenvalue weighted by molar-refractivity contribution is 0.227. The van der Waals surface area contributed by atoms with Gasteiger partial charge in [0.2, 0.25) is 0 Å². The molecule has 3 heterocycles. The number of nitrogens with zero attached hydrogens (tertiary/aromatic N) is 4. The molecule has 4 aromatic rings. The van der Waals surface area contributed by atoms with Crippen LogP contribution in [0.25, 0.3) is 11.3 Å². The highest BCUT2D eigenvalue weighted by Crippen LogP contribution is 2.24. The van der Waals surface area contributed by atoms with E-state index >= 15 is 0 Å². The second-order valence-electron chi connectivity index (χ2n) is 7.15. The lowest BCUT2D eigenvalue weighted by Gasteiger charge is -2.21. The fourth-order valence-electron chi connectivity index (χ4n) is 3.44. The van der Waals surface area contributed by atoms with Crippen LogP contribution in [0.3, 0.4) is 0 Å². The number of aryl methyl sites for hydroxylation is 2.